The molecular formula is C21H33N7O5S2. The highest BCUT2D eigenvalue weighted by molar-refractivity contribution is 7.80. The number of nitrogens with two attached hydrogens (primary N) is 3. The van der Waals surface area contributed by atoms with Gasteiger partial charge in [-0.3, -0.25) is 19.4 Å². The lowest BCUT2D eigenvalue weighted by atomic mass is 10.0. The number of guanidine groups is 1. The summed E-state index contributed by atoms with van der Waals surface area (Å²) in [6, 6.07) is 4.61. The lowest BCUT2D eigenvalue weighted by molar-refractivity contribution is -0.142. The van der Waals surface area contributed by atoms with Crippen LogP contribution in [0, 0.1) is 0 Å². The fourth-order valence-corrected chi connectivity index (χ4v) is 3.34. The normalized spacial score (nSPS) is 14.0. The Morgan fingerprint density at radius 1 is 0.886 bits per heavy atom. The van der Waals surface area contributed by atoms with Crippen molar-refractivity contribution in [3.8, 4) is 0 Å². The van der Waals surface area contributed by atoms with Gasteiger partial charge in [0.15, 0.2) is 5.96 Å². The molecule has 4 atom stereocenters. The number of carboxylic acid groups (broad SMARTS) is 1. The molecule has 0 saturated carbocycles. The van der Waals surface area contributed by atoms with Crippen molar-refractivity contribution >= 4 is 54.9 Å². The number of carbonyl (C=O) groups is 4. The standard InChI is InChI=1S/C21H33N7O5S2/c22-13(10-34)17(29)27-15(9-12-5-2-1-3-6-12)18(30)28-16(11-35)19(31)26-14(20(32)33)7-4-8-25-21(23)24/h1-3,5-6,13-16,34-35H,4,7-11,22H2,(H,26,31)(H,27,29)(H,28,30)(H,32,33)(H4,23,24,25). The van der Waals surface area contributed by atoms with Crippen LogP contribution >= 0.6 is 25.3 Å². The molecule has 14 heteroatoms. The van der Waals surface area contributed by atoms with Gasteiger partial charge in [0.05, 0.1) is 6.04 Å². The largest absolute Gasteiger partial charge is 0.480 e. The number of nitrogens with one attached hydrogen (secondary N) is 3. The van der Waals surface area contributed by atoms with E-state index >= 15 is 0 Å². The van der Waals surface area contributed by atoms with Gasteiger partial charge in [-0.25, -0.2) is 4.79 Å². The highest BCUT2D eigenvalue weighted by Gasteiger charge is 2.29. The van der Waals surface area contributed by atoms with E-state index in [1.165, 1.54) is 0 Å². The summed E-state index contributed by atoms with van der Waals surface area (Å²) in [6.07, 6.45) is 0.518. The van der Waals surface area contributed by atoms with Crippen LogP contribution < -0.4 is 33.2 Å². The summed E-state index contributed by atoms with van der Waals surface area (Å²) in [5.41, 5.74) is 17.0. The van der Waals surface area contributed by atoms with Crippen molar-refractivity contribution in [3.63, 3.8) is 0 Å². The predicted molar refractivity (Wildman–Crippen MR) is 139 cm³/mol. The summed E-state index contributed by atoms with van der Waals surface area (Å²) in [5.74, 6) is -3.36. The number of carboxylic acids is 1. The molecule has 1 aromatic rings. The predicted octanol–water partition coefficient (Wildman–Crippen LogP) is -1.99. The summed E-state index contributed by atoms with van der Waals surface area (Å²) in [6.45, 7) is 0.198. The molecule has 1 rings (SSSR count). The average Bonchev–Trinajstić information content (AvgIpc) is 2.83. The minimum atomic E-state index is -1.25. The van der Waals surface area contributed by atoms with Crippen LogP contribution in [0.1, 0.15) is 18.4 Å². The van der Waals surface area contributed by atoms with Gasteiger partial charge in [0.25, 0.3) is 0 Å². The fourth-order valence-electron chi connectivity index (χ4n) is 2.92. The van der Waals surface area contributed by atoms with Gasteiger partial charge in [0.1, 0.15) is 18.1 Å². The van der Waals surface area contributed by atoms with Crippen LogP contribution in [0.2, 0.25) is 0 Å². The van der Waals surface area contributed by atoms with Gasteiger partial charge in [-0.05, 0) is 18.4 Å². The van der Waals surface area contributed by atoms with Gasteiger partial charge in [-0.2, -0.15) is 25.3 Å². The molecular weight excluding hydrogens is 494 g/mol. The van der Waals surface area contributed by atoms with E-state index in [2.05, 4.69) is 46.2 Å². The van der Waals surface area contributed by atoms with Crippen LogP contribution in [0.4, 0.5) is 0 Å². The van der Waals surface area contributed by atoms with Crippen molar-refractivity contribution in [3.05, 3.63) is 35.9 Å². The van der Waals surface area contributed by atoms with Gasteiger partial charge in [0, 0.05) is 24.5 Å². The van der Waals surface area contributed by atoms with Crippen molar-refractivity contribution in [2.45, 2.75) is 43.4 Å². The molecule has 0 spiro atoms. The molecule has 0 aliphatic carbocycles. The Hall–Kier alpha value is -2.97. The number of aliphatic carboxylic acids is 1. The molecule has 0 radical (unpaired) electrons. The second-order valence-corrected chi connectivity index (χ2v) is 8.36. The molecule has 0 aliphatic heterocycles. The topological polar surface area (TPSA) is 215 Å². The van der Waals surface area contributed by atoms with Gasteiger partial charge >= 0.3 is 5.97 Å². The molecule has 10 N–H and O–H groups in total. The van der Waals surface area contributed by atoms with E-state index in [4.69, 9.17) is 17.2 Å². The molecule has 0 heterocycles. The third-order valence-electron chi connectivity index (χ3n) is 4.82. The Balaban J connectivity index is 2.89. The quantitative estimate of drug-likeness (QED) is 0.0537. The molecule has 0 fully saturated rings. The highest BCUT2D eigenvalue weighted by atomic mass is 32.1. The summed E-state index contributed by atoms with van der Waals surface area (Å²) >= 11 is 8.11. The van der Waals surface area contributed by atoms with Crippen LogP contribution in [-0.2, 0) is 25.6 Å². The molecule has 194 valence electrons. The number of nitrogens with zero attached hydrogens (tertiary/aromatic N) is 1. The maximum Gasteiger partial charge on any atom is 0.326 e. The minimum Gasteiger partial charge on any atom is -0.480 e. The van der Waals surface area contributed by atoms with Crippen LogP contribution in [0.15, 0.2) is 35.3 Å². The van der Waals surface area contributed by atoms with E-state index in [0.29, 0.717) is 6.42 Å². The Kier molecular flexibility index (Phi) is 13.6. The van der Waals surface area contributed by atoms with Crippen molar-refractivity contribution in [2.24, 2.45) is 22.2 Å². The van der Waals surface area contributed by atoms with E-state index < -0.39 is 47.9 Å². The van der Waals surface area contributed by atoms with Crippen LogP contribution in [0.3, 0.4) is 0 Å². The Morgan fingerprint density at radius 3 is 2.00 bits per heavy atom. The number of thiol groups is 2. The first kappa shape index (κ1) is 30.1. The molecule has 0 bridgehead atoms. The Labute approximate surface area is 214 Å². The van der Waals surface area contributed by atoms with Crippen molar-refractivity contribution in [2.75, 3.05) is 18.1 Å². The molecule has 12 nitrogen and oxygen atoms in total. The molecule has 0 saturated heterocycles. The van der Waals surface area contributed by atoms with Gasteiger partial charge in [0.2, 0.25) is 17.7 Å². The maximum atomic E-state index is 13.0. The number of rotatable bonds is 15. The summed E-state index contributed by atoms with van der Waals surface area (Å²) in [5, 5.41) is 16.9. The fraction of sp³-hybridized carbons (Fsp3) is 0.476. The first-order valence-corrected chi connectivity index (χ1v) is 12.1. The van der Waals surface area contributed by atoms with Crippen molar-refractivity contribution in [1.29, 1.82) is 0 Å². The number of hydrogen-bond acceptors (Lipinski definition) is 8. The first-order valence-electron chi connectivity index (χ1n) is 10.8. The maximum absolute atomic E-state index is 13.0. The van der Waals surface area contributed by atoms with Crippen molar-refractivity contribution in [1.82, 2.24) is 16.0 Å². The molecule has 0 aliphatic rings. The number of carbonyl (C=O) groups excluding carboxylic acids is 3. The number of aliphatic imine (C=N–C) groups is 1. The van der Waals surface area contributed by atoms with E-state index in [0.717, 1.165) is 5.56 Å². The van der Waals surface area contributed by atoms with E-state index in [1.807, 2.05) is 6.07 Å². The van der Waals surface area contributed by atoms with Gasteiger partial charge < -0.3 is 38.3 Å². The lowest BCUT2D eigenvalue weighted by Crippen LogP contribution is -2.58. The Morgan fingerprint density at radius 2 is 1.46 bits per heavy atom. The zero-order chi connectivity index (χ0) is 26.4. The first-order chi connectivity index (χ1) is 16.6. The average molecular weight is 528 g/mol. The van der Waals surface area contributed by atoms with E-state index in [9.17, 15) is 24.3 Å². The lowest BCUT2D eigenvalue weighted by Gasteiger charge is -2.24. The summed E-state index contributed by atoms with van der Waals surface area (Å²) in [7, 11) is 0. The monoisotopic (exact) mass is 527 g/mol. The van der Waals surface area contributed by atoms with Gasteiger partial charge in [-0.1, -0.05) is 30.3 Å². The van der Waals surface area contributed by atoms with E-state index in [1.54, 1.807) is 24.3 Å². The number of amides is 3. The number of benzene rings is 1. The smallest absolute Gasteiger partial charge is 0.326 e. The second kappa shape index (κ2) is 15.8. The number of hydrogen-bond donors (Lipinski definition) is 9. The van der Waals surface area contributed by atoms with Crippen LogP contribution in [0.25, 0.3) is 0 Å². The zero-order valence-corrected chi connectivity index (χ0v) is 20.9. The molecule has 0 aromatic heterocycles. The molecule has 35 heavy (non-hydrogen) atoms. The van der Waals surface area contributed by atoms with Gasteiger partial charge in [-0.15, -0.1) is 0 Å². The van der Waals surface area contributed by atoms with Crippen LogP contribution in [-0.4, -0.2) is 77.0 Å². The highest BCUT2D eigenvalue weighted by Crippen LogP contribution is 2.06. The molecule has 4 unspecified atom stereocenters. The van der Waals surface area contributed by atoms with Crippen molar-refractivity contribution < 1.29 is 24.3 Å². The SMILES string of the molecule is NC(N)=NCCCC(NC(=O)C(CS)NC(=O)C(Cc1ccccc1)NC(=O)C(N)CS)C(=O)O. The third kappa shape index (κ3) is 11.3. The van der Waals surface area contributed by atoms with E-state index in [-0.39, 0.29) is 36.9 Å². The summed E-state index contributed by atoms with van der Waals surface area (Å²) in [4.78, 5) is 53.3. The zero-order valence-electron chi connectivity index (χ0n) is 19.1. The van der Waals surface area contributed by atoms with Crippen LogP contribution in [0.5, 0.6) is 0 Å². The second-order valence-electron chi connectivity index (χ2n) is 7.63. The summed E-state index contributed by atoms with van der Waals surface area (Å²) < 4.78 is 0. The molecule has 1 aromatic carbocycles. The molecule has 3 amide bonds. The minimum absolute atomic E-state index is 0.0688. The Bertz CT molecular complexity index is 884. The third-order valence-corrected chi connectivity index (χ3v) is 5.58.